The van der Waals surface area contributed by atoms with E-state index in [1.54, 1.807) is 30.3 Å². The summed E-state index contributed by atoms with van der Waals surface area (Å²) in [6.45, 7) is 3.14. The number of carbonyl (C=O) groups is 4. The van der Waals surface area contributed by atoms with Crippen LogP contribution >= 0.6 is 0 Å². The Hall–Kier alpha value is -4.48. The van der Waals surface area contributed by atoms with Crippen molar-refractivity contribution < 1.29 is 28.0 Å². The van der Waals surface area contributed by atoms with E-state index in [4.69, 9.17) is 0 Å². The minimum atomic E-state index is -0.802. The summed E-state index contributed by atoms with van der Waals surface area (Å²) in [6.07, 6.45) is -0.00431. The number of halogens is 2. The summed E-state index contributed by atoms with van der Waals surface area (Å²) in [6, 6.07) is 16.7. The summed E-state index contributed by atoms with van der Waals surface area (Å²) in [5.41, 5.74) is 2.77. The summed E-state index contributed by atoms with van der Waals surface area (Å²) < 4.78 is 28.2. The van der Waals surface area contributed by atoms with Gasteiger partial charge in [-0.05, 0) is 53.1 Å². The van der Waals surface area contributed by atoms with Crippen LogP contribution in [0, 0.1) is 11.6 Å². The predicted molar refractivity (Wildman–Crippen MR) is 143 cm³/mol. The molecule has 6 rings (SSSR count). The van der Waals surface area contributed by atoms with Crippen LogP contribution in [0.4, 0.5) is 13.6 Å². The number of rotatable bonds is 6. The number of fused-ring (bicyclic) bond motifs is 1. The number of hydrogen-bond acceptors (Lipinski definition) is 6. The third-order valence-electron chi connectivity index (χ3n) is 7.71. The first-order valence-electron chi connectivity index (χ1n) is 13.4. The molecule has 3 aromatic rings. The fraction of sp³-hybridized carbons (Fsp3) is 0.267. The van der Waals surface area contributed by atoms with E-state index in [-0.39, 0.29) is 41.8 Å². The van der Waals surface area contributed by atoms with Gasteiger partial charge in [0.1, 0.15) is 11.6 Å². The van der Waals surface area contributed by atoms with Crippen molar-refractivity contribution in [2.45, 2.75) is 19.0 Å². The summed E-state index contributed by atoms with van der Waals surface area (Å²) >= 11 is 0. The monoisotopic (exact) mass is 559 g/mol. The van der Waals surface area contributed by atoms with Gasteiger partial charge in [-0.3, -0.25) is 29.5 Å². The van der Waals surface area contributed by atoms with Crippen LogP contribution in [-0.4, -0.2) is 76.3 Å². The first-order chi connectivity index (χ1) is 19.8. The zero-order chi connectivity index (χ0) is 28.7. The van der Waals surface area contributed by atoms with Crippen molar-refractivity contribution in [3.63, 3.8) is 0 Å². The molecule has 0 aromatic heterocycles. The lowest BCUT2D eigenvalue weighted by atomic mass is 9.96. The predicted octanol–water partition coefficient (Wildman–Crippen LogP) is 3.32. The van der Waals surface area contributed by atoms with Crippen molar-refractivity contribution in [1.29, 1.82) is 0 Å². The number of urea groups is 1. The van der Waals surface area contributed by atoms with Crippen molar-refractivity contribution in [1.82, 2.24) is 25.1 Å². The number of carbonyl (C=O) groups excluding carboxylic acids is 4. The second-order valence-corrected chi connectivity index (χ2v) is 10.4. The number of nitrogens with one attached hydrogen (secondary N) is 1. The van der Waals surface area contributed by atoms with Gasteiger partial charge in [-0.1, -0.05) is 30.3 Å². The molecular formula is C30H27F2N5O4. The quantitative estimate of drug-likeness (QED) is 0.466. The summed E-state index contributed by atoms with van der Waals surface area (Å²) in [5.74, 6) is -2.35. The average molecular weight is 560 g/mol. The minimum Gasteiger partial charge on any atom is -0.297 e. The van der Waals surface area contributed by atoms with E-state index in [9.17, 15) is 28.0 Å². The van der Waals surface area contributed by atoms with Crippen LogP contribution < -0.4 is 5.32 Å². The Kier molecular flexibility index (Phi) is 7.06. The fourth-order valence-electron chi connectivity index (χ4n) is 5.74. The molecule has 0 bridgehead atoms. The van der Waals surface area contributed by atoms with Gasteiger partial charge >= 0.3 is 6.03 Å². The molecule has 0 aliphatic carbocycles. The van der Waals surface area contributed by atoms with Crippen molar-refractivity contribution >= 4 is 23.8 Å². The maximum absolute atomic E-state index is 14.1. The highest BCUT2D eigenvalue weighted by atomic mass is 19.1. The smallest absolute Gasteiger partial charge is 0.297 e. The van der Waals surface area contributed by atoms with Gasteiger partial charge in [0.05, 0.1) is 23.7 Å². The Balaban J connectivity index is 1.15. The fourth-order valence-corrected chi connectivity index (χ4v) is 5.74. The molecule has 3 aliphatic rings. The highest BCUT2D eigenvalue weighted by Gasteiger charge is 2.43. The molecule has 210 valence electrons. The molecule has 3 heterocycles. The number of imide groups is 2. The van der Waals surface area contributed by atoms with Crippen molar-refractivity contribution in [3.05, 3.63) is 106 Å². The second kappa shape index (κ2) is 10.8. The molecule has 9 nitrogen and oxygen atoms in total. The SMILES string of the molecule is O=C1CCN(N2C(=O)c3ccc(CN4CCN(C(c5cccc(F)c5)c5cccc(F)c5)CC4)cc3C2=O)C(=O)N1. The zero-order valence-electron chi connectivity index (χ0n) is 22.1. The standard InChI is InChI=1S/C30H27F2N5O4/c31-22-5-1-3-20(16-22)27(21-4-2-6-23(32)17-21)35-13-11-34(12-14-35)18-19-7-8-24-25(15-19)29(40)37(28(24)39)36-10-9-26(38)33-30(36)41/h1-8,15-17,27H,9-14,18H2,(H,33,38,41). The molecule has 2 saturated heterocycles. The molecule has 3 aliphatic heterocycles. The third kappa shape index (κ3) is 5.21. The first-order valence-corrected chi connectivity index (χ1v) is 13.4. The highest BCUT2D eigenvalue weighted by Crippen LogP contribution is 2.31. The van der Waals surface area contributed by atoms with Crippen LogP contribution in [0.2, 0.25) is 0 Å². The van der Waals surface area contributed by atoms with Gasteiger partial charge in [0.2, 0.25) is 5.91 Å². The van der Waals surface area contributed by atoms with Crippen molar-refractivity contribution in [3.8, 4) is 0 Å². The topological polar surface area (TPSA) is 93.3 Å². The van der Waals surface area contributed by atoms with Crippen LogP contribution in [0.15, 0.2) is 66.7 Å². The van der Waals surface area contributed by atoms with Crippen molar-refractivity contribution in [2.75, 3.05) is 32.7 Å². The van der Waals surface area contributed by atoms with E-state index < -0.39 is 23.8 Å². The first kappa shape index (κ1) is 26.7. The van der Waals surface area contributed by atoms with E-state index in [0.29, 0.717) is 32.7 Å². The lowest BCUT2D eigenvalue weighted by molar-refractivity contribution is -0.122. The van der Waals surface area contributed by atoms with Crippen LogP contribution in [-0.2, 0) is 11.3 Å². The van der Waals surface area contributed by atoms with Gasteiger partial charge in [0.25, 0.3) is 11.8 Å². The number of hydrazine groups is 1. The second-order valence-electron chi connectivity index (χ2n) is 10.4. The molecule has 5 amide bonds. The molecule has 0 radical (unpaired) electrons. The molecule has 11 heteroatoms. The number of piperazine rings is 1. The van der Waals surface area contributed by atoms with E-state index in [1.165, 1.54) is 24.3 Å². The van der Waals surface area contributed by atoms with Gasteiger partial charge in [-0.25, -0.2) is 18.6 Å². The summed E-state index contributed by atoms with van der Waals surface area (Å²) in [4.78, 5) is 54.3. The van der Waals surface area contributed by atoms with Gasteiger partial charge in [-0.15, -0.1) is 0 Å². The normalized spacial score (nSPS) is 18.3. The Bertz CT molecular complexity index is 1510. The number of amides is 5. The van der Waals surface area contributed by atoms with E-state index in [0.717, 1.165) is 26.7 Å². The van der Waals surface area contributed by atoms with Crippen LogP contribution in [0.5, 0.6) is 0 Å². The Morgan fingerprint density at radius 2 is 1.37 bits per heavy atom. The lowest BCUT2D eigenvalue weighted by Crippen LogP contribution is -2.58. The van der Waals surface area contributed by atoms with Gasteiger partial charge in [0.15, 0.2) is 0 Å². The Labute approximate surface area is 234 Å². The van der Waals surface area contributed by atoms with Gasteiger partial charge in [0, 0.05) is 39.1 Å². The number of hydrogen-bond donors (Lipinski definition) is 1. The molecule has 1 N–H and O–H groups in total. The van der Waals surface area contributed by atoms with Crippen LogP contribution in [0.1, 0.15) is 49.9 Å². The molecule has 0 unspecified atom stereocenters. The summed E-state index contributed by atoms with van der Waals surface area (Å²) in [5, 5.41) is 3.90. The van der Waals surface area contributed by atoms with E-state index in [1.807, 2.05) is 12.1 Å². The average Bonchev–Trinajstić information content (AvgIpc) is 3.19. The maximum atomic E-state index is 14.1. The van der Waals surface area contributed by atoms with Crippen molar-refractivity contribution in [2.24, 2.45) is 0 Å². The minimum absolute atomic E-state index is 0.00431. The van der Waals surface area contributed by atoms with Crippen LogP contribution in [0.25, 0.3) is 0 Å². The third-order valence-corrected chi connectivity index (χ3v) is 7.71. The molecule has 0 saturated carbocycles. The largest absolute Gasteiger partial charge is 0.343 e. The summed E-state index contributed by atoms with van der Waals surface area (Å²) in [7, 11) is 0. The molecule has 41 heavy (non-hydrogen) atoms. The molecule has 0 spiro atoms. The van der Waals surface area contributed by atoms with Gasteiger partial charge < -0.3 is 0 Å². The van der Waals surface area contributed by atoms with E-state index >= 15 is 0 Å². The zero-order valence-corrected chi connectivity index (χ0v) is 22.1. The lowest BCUT2D eigenvalue weighted by Gasteiger charge is -2.40. The Morgan fingerprint density at radius 1 is 0.732 bits per heavy atom. The maximum Gasteiger partial charge on any atom is 0.343 e. The number of benzene rings is 3. The molecule has 2 fully saturated rings. The van der Waals surface area contributed by atoms with E-state index in [2.05, 4.69) is 15.1 Å². The molecule has 0 atom stereocenters. The highest BCUT2D eigenvalue weighted by molar-refractivity contribution is 6.22. The van der Waals surface area contributed by atoms with Crippen LogP contribution in [0.3, 0.4) is 0 Å². The van der Waals surface area contributed by atoms with Gasteiger partial charge in [-0.2, -0.15) is 5.01 Å². The number of nitrogens with zero attached hydrogens (tertiary/aromatic N) is 4. The Morgan fingerprint density at radius 3 is 1.98 bits per heavy atom. The molecular weight excluding hydrogens is 532 g/mol. The molecule has 3 aromatic carbocycles.